The Morgan fingerprint density at radius 1 is 1.31 bits per heavy atom. The Balaban J connectivity index is 1.93. The lowest BCUT2D eigenvalue weighted by atomic mass is 10.0. The lowest BCUT2D eigenvalue weighted by Gasteiger charge is -2.31. The Kier molecular flexibility index (Phi) is 2.66. The molecule has 1 saturated heterocycles. The summed E-state index contributed by atoms with van der Waals surface area (Å²) in [5, 5.41) is 3.44. The Morgan fingerprint density at radius 3 is 3.06 bits per heavy atom. The zero-order chi connectivity index (χ0) is 10.8. The van der Waals surface area contributed by atoms with Crippen LogP contribution in [0.25, 0.3) is 0 Å². The molecular weight excluding hydrogens is 202 g/mol. The quantitative estimate of drug-likeness (QED) is 0.772. The van der Waals surface area contributed by atoms with Crippen LogP contribution in [0.3, 0.4) is 0 Å². The van der Waals surface area contributed by atoms with Gasteiger partial charge in [0.05, 0.1) is 13.2 Å². The predicted molar refractivity (Wildman–Crippen MR) is 64.1 cm³/mol. The first-order valence-electron chi connectivity index (χ1n) is 5.99. The largest absolute Gasteiger partial charge is 0.385 e. The van der Waals surface area contributed by atoms with Gasteiger partial charge < -0.3 is 15.0 Å². The van der Waals surface area contributed by atoms with Crippen molar-refractivity contribution in [3.8, 4) is 0 Å². The van der Waals surface area contributed by atoms with Gasteiger partial charge in [0.15, 0.2) is 0 Å². The van der Waals surface area contributed by atoms with Gasteiger partial charge in [-0.25, -0.2) is 4.98 Å². The summed E-state index contributed by atoms with van der Waals surface area (Å²) in [6.45, 7) is 4.64. The van der Waals surface area contributed by atoms with E-state index in [1.165, 1.54) is 17.7 Å². The van der Waals surface area contributed by atoms with E-state index in [-0.39, 0.29) is 0 Å². The van der Waals surface area contributed by atoms with Crippen LogP contribution in [0.4, 0.5) is 11.5 Å². The van der Waals surface area contributed by atoms with Crippen molar-refractivity contribution < 1.29 is 4.74 Å². The molecule has 4 nitrogen and oxygen atoms in total. The first-order chi connectivity index (χ1) is 7.95. The van der Waals surface area contributed by atoms with Crippen LogP contribution < -0.4 is 10.2 Å². The molecule has 0 radical (unpaired) electrons. The average Bonchev–Trinajstić information content (AvgIpc) is 2.39. The molecule has 4 heteroatoms. The highest BCUT2D eigenvalue weighted by molar-refractivity contribution is 5.64. The molecule has 16 heavy (non-hydrogen) atoms. The molecule has 0 bridgehead atoms. The Morgan fingerprint density at radius 2 is 2.19 bits per heavy atom. The van der Waals surface area contributed by atoms with E-state index in [9.17, 15) is 0 Å². The second-order valence-corrected chi connectivity index (χ2v) is 4.29. The van der Waals surface area contributed by atoms with Crippen LogP contribution in [0.15, 0.2) is 12.3 Å². The van der Waals surface area contributed by atoms with Crippen LogP contribution in [-0.4, -0.2) is 37.8 Å². The molecule has 0 aromatic carbocycles. The summed E-state index contributed by atoms with van der Waals surface area (Å²) in [6.07, 6.45) is 4.25. The zero-order valence-electron chi connectivity index (χ0n) is 9.41. The molecule has 86 valence electrons. The molecule has 0 aliphatic carbocycles. The molecule has 1 N–H and O–H groups in total. The number of morpholine rings is 1. The predicted octanol–water partition coefficient (Wildman–Crippen LogP) is 1.28. The van der Waals surface area contributed by atoms with Crippen molar-refractivity contribution in [2.24, 2.45) is 0 Å². The van der Waals surface area contributed by atoms with Gasteiger partial charge in [0.2, 0.25) is 0 Å². The smallest absolute Gasteiger partial charge is 0.133 e. The van der Waals surface area contributed by atoms with Gasteiger partial charge >= 0.3 is 0 Å². The van der Waals surface area contributed by atoms with Crippen molar-refractivity contribution >= 4 is 11.5 Å². The number of nitrogens with zero attached hydrogens (tertiary/aromatic N) is 2. The standard InChI is InChI=1S/C12H17N3O/c1-2-10-11(13-4-1)3-5-14-12(10)15-6-8-16-9-7-15/h3,5,13H,1-2,4,6-9H2. The molecule has 1 fully saturated rings. The number of hydrogen-bond acceptors (Lipinski definition) is 4. The third-order valence-electron chi connectivity index (χ3n) is 3.26. The maximum absolute atomic E-state index is 5.38. The number of pyridine rings is 1. The molecule has 0 spiro atoms. The van der Waals surface area contributed by atoms with Gasteiger partial charge in [0.1, 0.15) is 5.82 Å². The van der Waals surface area contributed by atoms with E-state index in [2.05, 4.69) is 21.3 Å². The number of nitrogens with one attached hydrogen (secondary N) is 1. The second kappa shape index (κ2) is 4.29. The van der Waals surface area contributed by atoms with Gasteiger partial charge in [-0.3, -0.25) is 0 Å². The summed E-state index contributed by atoms with van der Waals surface area (Å²) in [7, 11) is 0. The van der Waals surface area contributed by atoms with Crippen LogP contribution in [0.5, 0.6) is 0 Å². The molecule has 0 saturated carbocycles. The van der Waals surface area contributed by atoms with Crippen LogP contribution in [0.1, 0.15) is 12.0 Å². The molecule has 0 unspecified atom stereocenters. The third-order valence-corrected chi connectivity index (χ3v) is 3.26. The maximum atomic E-state index is 5.38. The molecule has 0 atom stereocenters. The highest BCUT2D eigenvalue weighted by Gasteiger charge is 2.19. The first kappa shape index (κ1) is 9.90. The fourth-order valence-corrected chi connectivity index (χ4v) is 2.43. The van der Waals surface area contributed by atoms with E-state index in [0.29, 0.717) is 0 Å². The Hall–Kier alpha value is -1.29. The molecule has 3 rings (SSSR count). The van der Waals surface area contributed by atoms with Crippen molar-refractivity contribution in [1.29, 1.82) is 0 Å². The summed E-state index contributed by atoms with van der Waals surface area (Å²) >= 11 is 0. The van der Waals surface area contributed by atoms with Gasteiger partial charge in [-0.15, -0.1) is 0 Å². The second-order valence-electron chi connectivity index (χ2n) is 4.29. The van der Waals surface area contributed by atoms with Crippen molar-refractivity contribution in [1.82, 2.24) is 4.98 Å². The topological polar surface area (TPSA) is 37.4 Å². The number of hydrogen-bond donors (Lipinski definition) is 1. The minimum absolute atomic E-state index is 0.818. The maximum Gasteiger partial charge on any atom is 0.133 e. The molecule has 0 amide bonds. The molecule has 2 aliphatic heterocycles. The minimum Gasteiger partial charge on any atom is -0.385 e. The van der Waals surface area contributed by atoms with E-state index in [4.69, 9.17) is 4.74 Å². The molecule has 1 aromatic heterocycles. The first-order valence-corrected chi connectivity index (χ1v) is 5.99. The van der Waals surface area contributed by atoms with E-state index in [0.717, 1.165) is 45.1 Å². The zero-order valence-corrected chi connectivity index (χ0v) is 9.41. The minimum atomic E-state index is 0.818. The van der Waals surface area contributed by atoms with Crippen molar-refractivity contribution in [3.05, 3.63) is 17.8 Å². The summed E-state index contributed by atoms with van der Waals surface area (Å²) in [5.74, 6) is 1.16. The third kappa shape index (κ3) is 1.73. The number of anilines is 2. The molecule has 1 aromatic rings. The summed E-state index contributed by atoms with van der Waals surface area (Å²) in [5.41, 5.74) is 2.65. The summed E-state index contributed by atoms with van der Waals surface area (Å²) in [4.78, 5) is 6.89. The van der Waals surface area contributed by atoms with Gasteiger partial charge in [0, 0.05) is 37.1 Å². The highest BCUT2D eigenvalue weighted by Crippen LogP contribution is 2.29. The van der Waals surface area contributed by atoms with E-state index < -0.39 is 0 Å². The number of fused-ring (bicyclic) bond motifs is 1. The number of aromatic nitrogens is 1. The van der Waals surface area contributed by atoms with Crippen LogP contribution in [0, 0.1) is 0 Å². The van der Waals surface area contributed by atoms with Crippen LogP contribution >= 0.6 is 0 Å². The van der Waals surface area contributed by atoms with Gasteiger partial charge in [0.25, 0.3) is 0 Å². The molecule has 3 heterocycles. The van der Waals surface area contributed by atoms with Gasteiger partial charge in [-0.2, -0.15) is 0 Å². The Bertz CT molecular complexity index is 375. The van der Waals surface area contributed by atoms with Crippen molar-refractivity contribution in [2.45, 2.75) is 12.8 Å². The fourth-order valence-electron chi connectivity index (χ4n) is 2.43. The van der Waals surface area contributed by atoms with Gasteiger partial charge in [-0.1, -0.05) is 0 Å². The summed E-state index contributed by atoms with van der Waals surface area (Å²) in [6, 6.07) is 2.08. The molecular formula is C12H17N3O. The molecule has 2 aliphatic rings. The number of rotatable bonds is 1. The van der Waals surface area contributed by atoms with Crippen LogP contribution in [0.2, 0.25) is 0 Å². The van der Waals surface area contributed by atoms with Gasteiger partial charge in [-0.05, 0) is 18.9 Å². The fraction of sp³-hybridized carbons (Fsp3) is 0.583. The van der Waals surface area contributed by atoms with Crippen molar-refractivity contribution in [3.63, 3.8) is 0 Å². The summed E-state index contributed by atoms with van der Waals surface area (Å²) < 4.78 is 5.38. The highest BCUT2D eigenvalue weighted by atomic mass is 16.5. The average molecular weight is 219 g/mol. The van der Waals surface area contributed by atoms with E-state index in [1.54, 1.807) is 0 Å². The van der Waals surface area contributed by atoms with E-state index >= 15 is 0 Å². The normalized spacial score (nSPS) is 20.1. The monoisotopic (exact) mass is 219 g/mol. The lowest BCUT2D eigenvalue weighted by molar-refractivity contribution is 0.122. The van der Waals surface area contributed by atoms with Crippen LogP contribution in [-0.2, 0) is 11.2 Å². The lowest BCUT2D eigenvalue weighted by Crippen LogP contribution is -2.37. The van der Waals surface area contributed by atoms with E-state index in [1.807, 2.05) is 6.20 Å². The SMILES string of the molecule is c1cc2c(c(N3CCOCC3)n1)CCCN2. The Labute approximate surface area is 95.6 Å². The number of ether oxygens (including phenoxy) is 1. The van der Waals surface area contributed by atoms with Crippen molar-refractivity contribution in [2.75, 3.05) is 43.1 Å².